The van der Waals surface area contributed by atoms with Gasteiger partial charge in [0.1, 0.15) is 0 Å². The molecule has 0 aromatic heterocycles. The van der Waals surface area contributed by atoms with Gasteiger partial charge < -0.3 is 16.0 Å². The molecule has 1 heterocycles. The minimum atomic E-state index is -0.0169. The fourth-order valence-electron chi connectivity index (χ4n) is 2.92. The third-order valence-corrected chi connectivity index (χ3v) is 4.42. The minimum Gasteiger partial charge on any atom is -0.326 e. The summed E-state index contributed by atoms with van der Waals surface area (Å²) in [7, 11) is 0. The van der Waals surface area contributed by atoms with Crippen LogP contribution in [0.3, 0.4) is 0 Å². The van der Waals surface area contributed by atoms with Crippen molar-refractivity contribution in [1.82, 2.24) is 5.32 Å². The van der Waals surface area contributed by atoms with Crippen LogP contribution in [-0.2, 0) is 9.59 Å². The number of amides is 2. The fraction of sp³-hybridized carbons (Fsp3) is 0.556. The molecule has 1 aliphatic rings. The Balaban J connectivity index is 0.00000288. The summed E-state index contributed by atoms with van der Waals surface area (Å²) in [5.41, 5.74) is 1.51. The highest BCUT2D eigenvalue weighted by atomic mass is 35.5. The third-order valence-electron chi connectivity index (χ3n) is 4.42. The molecule has 5 nitrogen and oxygen atoms in total. The predicted octanol–water partition coefficient (Wildman–Crippen LogP) is 3.42. The van der Waals surface area contributed by atoms with E-state index >= 15 is 0 Å². The molecule has 2 unspecified atom stereocenters. The van der Waals surface area contributed by atoms with E-state index in [1.54, 1.807) is 12.1 Å². The van der Waals surface area contributed by atoms with Crippen LogP contribution in [0.5, 0.6) is 0 Å². The molecule has 2 amide bonds. The first-order valence-corrected chi connectivity index (χ1v) is 8.49. The average Bonchev–Trinajstić information content (AvgIpc) is 2.57. The first-order valence-electron chi connectivity index (χ1n) is 8.49. The smallest absolute Gasteiger partial charge is 0.224 e. The Kier molecular flexibility index (Phi) is 8.79. The van der Waals surface area contributed by atoms with Gasteiger partial charge in [0, 0.05) is 24.2 Å². The van der Waals surface area contributed by atoms with E-state index in [2.05, 4.69) is 22.9 Å². The van der Waals surface area contributed by atoms with Crippen LogP contribution in [0.15, 0.2) is 24.3 Å². The molecule has 1 aliphatic heterocycles. The van der Waals surface area contributed by atoms with Crippen molar-refractivity contribution in [3.05, 3.63) is 24.3 Å². The Morgan fingerprint density at radius 2 is 1.75 bits per heavy atom. The number of nitrogens with one attached hydrogen (secondary N) is 3. The lowest BCUT2D eigenvalue weighted by Crippen LogP contribution is -2.34. The quantitative estimate of drug-likeness (QED) is 0.733. The van der Waals surface area contributed by atoms with Crippen LogP contribution in [0.25, 0.3) is 0 Å². The van der Waals surface area contributed by atoms with Gasteiger partial charge >= 0.3 is 0 Å². The van der Waals surface area contributed by atoms with Gasteiger partial charge in [-0.3, -0.25) is 9.59 Å². The SMILES string of the molecule is CCC(=O)Nc1ccc(NC(=O)CC(C)C2CCCNC2)cc1.Cl. The normalized spacial score (nSPS) is 18.2. The van der Waals surface area contributed by atoms with Crippen molar-refractivity contribution < 1.29 is 9.59 Å². The van der Waals surface area contributed by atoms with Crippen molar-refractivity contribution in [2.24, 2.45) is 11.8 Å². The largest absolute Gasteiger partial charge is 0.326 e. The van der Waals surface area contributed by atoms with E-state index < -0.39 is 0 Å². The highest BCUT2D eigenvalue weighted by Crippen LogP contribution is 2.23. The maximum atomic E-state index is 12.2. The van der Waals surface area contributed by atoms with E-state index in [9.17, 15) is 9.59 Å². The van der Waals surface area contributed by atoms with Crippen molar-refractivity contribution in [3.63, 3.8) is 0 Å². The van der Waals surface area contributed by atoms with Crippen molar-refractivity contribution >= 4 is 35.6 Å². The second-order valence-corrected chi connectivity index (χ2v) is 6.32. The molecular weight excluding hydrogens is 326 g/mol. The van der Waals surface area contributed by atoms with E-state index in [1.807, 2.05) is 19.1 Å². The molecular formula is C18H28ClN3O2. The number of halogens is 1. The number of carbonyl (C=O) groups is 2. The van der Waals surface area contributed by atoms with Crippen LogP contribution in [0.1, 0.15) is 39.5 Å². The Labute approximate surface area is 150 Å². The monoisotopic (exact) mass is 353 g/mol. The fourth-order valence-corrected chi connectivity index (χ4v) is 2.92. The summed E-state index contributed by atoms with van der Waals surface area (Å²) in [6.07, 6.45) is 3.39. The Morgan fingerprint density at radius 3 is 2.25 bits per heavy atom. The van der Waals surface area contributed by atoms with E-state index in [4.69, 9.17) is 0 Å². The van der Waals surface area contributed by atoms with E-state index in [0.717, 1.165) is 24.5 Å². The summed E-state index contributed by atoms with van der Waals surface area (Å²) in [5, 5.41) is 9.12. The second kappa shape index (κ2) is 10.3. The molecule has 24 heavy (non-hydrogen) atoms. The number of rotatable bonds is 6. The van der Waals surface area contributed by atoms with Crippen LogP contribution < -0.4 is 16.0 Å². The van der Waals surface area contributed by atoms with Crippen molar-refractivity contribution in [1.29, 1.82) is 0 Å². The lowest BCUT2D eigenvalue weighted by atomic mass is 9.85. The van der Waals surface area contributed by atoms with Crippen LogP contribution in [0, 0.1) is 11.8 Å². The molecule has 0 bridgehead atoms. The van der Waals surface area contributed by atoms with E-state index in [1.165, 1.54) is 12.8 Å². The van der Waals surface area contributed by atoms with Crippen LogP contribution >= 0.6 is 12.4 Å². The molecule has 6 heteroatoms. The van der Waals surface area contributed by atoms with Crippen molar-refractivity contribution in [3.8, 4) is 0 Å². The Bertz CT molecular complexity index is 528. The zero-order chi connectivity index (χ0) is 16.7. The van der Waals surface area contributed by atoms with Gasteiger partial charge in [-0.05, 0) is 62.0 Å². The molecule has 0 aliphatic carbocycles. The summed E-state index contributed by atoms with van der Waals surface area (Å²) in [6.45, 7) is 6.07. The highest BCUT2D eigenvalue weighted by molar-refractivity contribution is 5.92. The minimum absolute atomic E-state index is 0. The number of carbonyl (C=O) groups excluding carboxylic acids is 2. The Hall–Kier alpha value is -1.59. The molecule has 1 aromatic rings. The second-order valence-electron chi connectivity index (χ2n) is 6.32. The van der Waals surface area contributed by atoms with Crippen molar-refractivity contribution in [2.45, 2.75) is 39.5 Å². The summed E-state index contributed by atoms with van der Waals surface area (Å²) in [6, 6.07) is 7.24. The Morgan fingerprint density at radius 1 is 1.17 bits per heavy atom. The lowest BCUT2D eigenvalue weighted by Gasteiger charge is -2.28. The van der Waals surface area contributed by atoms with Crippen LogP contribution in [0.2, 0.25) is 0 Å². The topological polar surface area (TPSA) is 70.2 Å². The summed E-state index contributed by atoms with van der Waals surface area (Å²) in [4.78, 5) is 23.5. The highest BCUT2D eigenvalue weighted by Gasteiger charge is 2.21. The van der Waals surface area contributed by atoms with Gasteiger partial charge in [-0.15, -0.1) is 12.4 Å². The zero-order valence-corrected chi connectivity index (χ0v) is 15.2. The van der Waals surface area contributed by atoms with Gasteiger partial charge in [0.2, 0.25) is 11.8 Å². The molecule has 3 N–H and O–H groups in total. The standard InChI is InChI=1S/C18H27N3O2.ClH/c1-3-17(22)20-15-6-8-16(9-7-15)21-18(23)11-13(2)14-5-4-10-19-12-14;/h6-9,13-14,19H,3-5,10-12H2,1-2H3,(H,20,22)(H,21,23);1H. The van der Waals surface area contributed by atoms with Gasteiger partial charge in [0.05, 0.1) is 0 Å². The molecule has 1 fully saturated rings. The van der Waals surface area contributed by atoms with E-state index in [0.29, 0.717) is 24.7 Å². The number of anilines is 2. The number of hydrogen-bond donors (Lipinski definition) is 3. The van der Waals surface area contributed by atoms with E-state index in [-0.39, 0.29) is 24.2 Å². The first kappa shape index (κ1) is 20.5. The molecule has 2 atom stereocenters. The van der Waals surface area contributed by atoms with Crippen LogP contribution in [0.4, 0.5) is 11.4 Å². The lowest BCUT2D eigenvalue weighted by molar-refractivity contribution is -0.117. The molecule has 0 spiro atoms. The molecule has 0 saturated carbocycles. The molecule has 134 valence electrons. The van der Waals surface area contributed by atoms with Crippen LogP contribution in [-0.4, -0.2) is 24.9 Å². The van der Waals surface area contributed by atoms with Gasteiger partial charge in [-0.2, -0.15) is 0 Å². The van der Waals surface area contributed by atoms with Gasteiger partial charge in [0.15, 0.2) is 0 Å². The van der Waals surface area contributed by atoms with Gasteiger partial charge in [0.25, 0.3) is 0 Å². The van der Waals surface area contributed by atoms with Gasteiger partial charge in [-0.25, -0.2) is 0 Å². The maximum absolute atomic E-state index is 12.2. The molecule has 1 aromatic carbocycles. The number of hydrogen-bond acceptors (Lipinski definition) is 3. The molecule has 1 saturated heterocycles. The number of benzene rings is 1. The maximum Gasteiger partial charge on any atom is 0.224 e. The van der Waals surface area contributed by atoms with Gasteiger partial charge in [-0.1, -0.05) is 13.8 Å². The summed E-state index contributed by atoms with van der Waals surface area (Å²) in [5.74, 6) is 0.997. The third kappa shape index (κ3) is 6.49. The first-order chi connectivity index (χ1) is 11.1. The zero-order valence-electron chi connectivity index (χ0n) is 14.4. The molecule has 0 radical (unpaired) electrons. The average molecular weight is 354 g/mol. The summed E-state index contributed by atoms with van der Waals surface area (Å²) >= 11 is 0. The summed E-state index contributed by atoms with van der Waals surface area (Å²) < 4.78 is 0. The molecule has 2 rings (SSSR count). The van der Waals surface area contributed by atoms with Crippen molar-refractivity contribution in [2.75, 3.05) is 23.7 Å². The number of piperidine rings is 1. The predicted molar refractivity (Wildman–Crippen MR) is 101 cm³/mol.